The zero-order valence-electron chi connectivity index (χ0n) is 7.59. The first-order valence-corrected chi connectivity index (χ1v) is 4.26. The van der Waals surface area contributed by atoms with E-state index in [2.05, 4.69) is 0 Å². The average molecular weight is 193 g/mol. The summed E-state index contributed by atoms with van der Waals surface area (Å²) in [5.41, 5.74) is 0.980. The average Bonchev–Trinajstić information content (AvgIpc) is 2.19. The first kappa shape index (κ1) is 10.4. The number of nitro benzene ring substituents is 1. The van der Waals surface area contributed by atoms with Crippen molar-refractivity contribution in [2.24, 2.45) is 0 Å². The monoisotopic (exact) mass is 193 g/mol. The zero-order chi connectivity index (χ0) is 10.4. The molecule has 4 heteroatoms. The lowest BCUT2D eigenvalue weighted by atomic mass is 10.2. The molecule has 4 nitrogen and oxygen atoms in total. The second-order valence-electron chi connectivity index (χ2n) is 2.76. The van der Waals surface area contributed by atoms with Crippen LogP contribution >= 0.6 is 0 Å². The van der Waals surface area contributed by atoms with Gasteiger partial charge in [0.25, 0.3) is 5.69 Å². The van der Waals surface area contributed by atoms with Gasteiger partial charge >= 0.3 is 0 Å². The molecule has 0 saturated heterocycles. The van der Waals surface area contributed by atoms with E-state index in [1.807, 2.05) is 12.2 Å². The van der Waals surface area contributed by atoms with Crippen molar-refractivity contribution >= 4 is 11.8 Å². The van der Waals surface area contributed by atoms with E-state index in [0.717, 1.165) is 5.56 Å². The predicted molar refractivity (Wildman–Crippen MR) is 53.8 cm³/mol. The molecule has 0 unspecified atom stereocenters. The second-order valence-corrected chi connectivity index (χ2v) is 2.76. The van der Waals surface area contributed by atoms with Crippen molar-refractivity contribution in [1.82, 2.24) is 0 Å². The number of benzene rings is 1. The van der Waals surface area contributed by atoms with Gasteiger partial charge in [0.2, 0.25) is 0 Å². The van der Waals surface area contributed by atoms with Crippen LogP contribution in [0.3, 0.4) is 0 Å². The third-order valence-electron chi connectivity index (χ3n) is 1.71. The molecular formula is C10H11NO3. The minimum atomic E-state index is -0.429. The molecule has 14 heavy (non-hydrogen) atoms. The van der Waals surface area contributed by atoms with Gasteiger partial charge in [0.05, 0.1) is 4.92 Å². The van der Waals surface area contributed by atoms with E-state index in [0.29, 0.717) is 6.42 Å². The molecule has 0 atom stereocenters. The van der Waals surface area contributed by atoms with Crippen molar-refractivity contribution < 1.29 is 10.0 Å². The highest BCUT2D eigenvalue weighted by Gasteiger charge is 2.01. The highest BCUT2D eigenvalue weighted by atomic mass is 16.6. The van der Waals surface area contributed by atoms with Crippen molar-refractivity contribution in [2.75, 3.05) is 6.61 Å². The highest BCUT2D eigenvalue weighted by molar-refractivity contribution is 5.51. The molecule has 0 amide bonds. The molecule has 0 saturated carbocycles. The Labute approximate surface area is 81.6 Å². The molecule has 74 valence electrons. The number of nitrogens with zero attached hydrogens (tertiary/aromatic N) is 1. The van der Waals surface area contributed by atoms with Crippen LogP contribution in [-0.4, -0.2) is 16.6 Å². The van der Waals surface area contributed by atoms with Gasteiger partial charge < -0.3 is 5.11 Å². The number of aliphatic hydroxyl groups excluding tert-OH is 1. The normalized spacial score (nSPS) is 10.6. The van der Waals surface area contributed by atoms with Crippen LogP contribution in [0.5, 0.6) is 0 Å². The maximum atomic E-state index is 10.3. The summed E-state index contributed by atoms with van der Waals surface area (Å²) in [5.74, 6) is 0. The van der Waals surface area contributed by atoms with Gasteiger partial charge in [-0.25, -0.2) is 0 Å². The summed E-state index contributed by atoms with van der Waals surface area (Å²) in [7, 11) is 0. The Morgan fingerprint density at radius 1 is 1.36 bits per heavy atom. The number of non-ortho nitro benzene ring substituents is 1. The molecule has 1 aromatic carbocycles. The topological polar surface area (TPSA) is 63.4 Å². The summed E-state index contributed by atoms with van der Waals surface area (Å²) < 4.78 is 0. The van der Waals surface area contributed by atoms with E-state index >= 15 is 0 Å². The van der Waals surface area contributed by atoms with Crippen LogP contribution in [0.4, 0.5) is 5.69 Å². The van der Waals surface area contributed by atoms with E-state index in [1.165, 1.54) is 12.1 Å². The number of rotatable bonds is 4. The lowest BCUT2D eigenvalue weighted by Crippen LogP contribution is -1.86. The van der Waals surface area contributed by atoms with E-state index in [1.54, 1.807) is 12.1 Å². The van der Waals surface area contributed by atoms with E-state index in [-0.39, 0.29) is 12.3 Å². The van der Waals surface area contributed by atoms with Gasteiger partial charge in [0, 0.05) is 18.7 Å². The van der Waals surface area contributed by atoms with E-state index < -0.39 is 4.92 Å². The lowest BCUT2D eigenvalue weighted by molar-refractivity contribution is -0.384. The largest absolute Gasteiger partial charge is 0.396 e. The lowest BCUT2D eigenvalue weighted by Gasteiger charge is -1.93. The third-order valence-corrected chi connectivity index (χ3v) is 1.71. The molecule has 1 aromatic rings. The number of aliphatic hydroxyl groups is 1. The van der Waals surface area contributed by atoms with Crippen LogP contribution in [0.25, 0.3) is 6.08 Å². The van der Waals surface area contributed by atoms with Gasteiger partial charge in [-0.1, -0.05) is 12.2 Å². The molecule has 0 aliphatic heterocycles. The van der Waals surface area contributed by atoms with Crippen LogP contribution in [-0.2, 0) is 0 Å². The van der Waals surface area contributed by atoms with E-state index in [9.17, 15) is 10.1 Å². The number of nitro groups is 1. The van der Waals surface area contributed by atoms with Gasteiger partial charge in [-0.2, -0.15) is 0 Å². The van der Waals surface area contributed by atoms with Gasteiger partial charge in [-0.05, 0) is 24.1 Å². The molecule has 1 rings (SSSR count). The Kier molecular flexibility index (Phi) is 3.82. The molecule has 0 aliphatic carbocycles. The molecule has 0 spiro atoms. The van der Waals surface area contributed by atoms with Crippen molar-refractivity contribution in [3.63, 3.8) is 0 Å². The Balaban J connectivity index is 2.68. The molecule has 0 heterocycles. The zero-order valence-corrected chi connectivity index (χ0v) is 7.59. The van der Waals surface area contributed by atoms with Crippen molar-refractivity contribution in [1.29, 1.82) is 0 Å². The fourth-order valence-electron chi connectivity index (χ4n) is 1.00. The Hall–Kier alpha value is -1.68. The molecule has 0 fully saturated rings. The number of hydrogen-bond donors (Lipinski definition) is 1. The Morgan fingerprint density at radius 3 is 2.50 bits per heavy atom. The van der Waals surface area contributed by atoms with Crippen LogP contribution in [0.15, 0.2) is 30.3 Å². The Bertz CT molecular complexity index is 330. The predicted octanol–water partition coefficient (Wildman–Crippen LogP) is 1.99. The minimum absolute atomic E-state index is 0.0873. The maximum Gasteiger partial charge on any atom is 0.269 e. The van der Waals surface area contributed by atoms with Gasteiger partial charge in [-0.3, -0.25) is 10.1 Å². The van der Waals surface area contributed by atoms with Gasteiger partial charge in [0.1, 0.15) is 0 Å². The highest BCUT2D eigenvalue weighted by Crippen LogP contribution is 2.12. The fraction of sp³-hybridized carbons (Fsp3) is 0.200. The second kappa shape index (κ2) is 5.14. The molecular weight excluding hydrogens is 182 g/mol. The summed E-state index contributed by atoms with van der Waals surface area (Å²) in [6, 6.07) is 6.26. The summed E-state index contributed by atoms with van der Waals surface area (Å²) in [4.78, 5) is 9.90. The van der Waals surface area contributed by atoms with Crippen LogP contribution in [0.2, 0.25) is 0 Å². The summed E-state index contributed by atoms with van der Waals surface area (Å²) >= 11 is 0. The van der Waals surface area contributed by atoms with Gasteiger partial charge in [0.15, 0.2) is 0 Å². The Morgan fingerprint density at radius 2 is 2.00 bits per heavy atom. The summed E-state index contributed by atoms with van der Waals surface area (Å²) in [5, 5.41) is 18.8. The minimum Gasteiger partial charge on any atom is -0.396 e. The van der Waals surface area contributed by atoms with Crippen molar-refractivity contribution in [3.8, 4) is 0 Å². The summed E-state index contributed by atoms with van der Waals surface area (Å²) in [6.07, 6.45) is 4.23. The van der Waals surface area contributed by atoms with Gasteiger partial charge in [-0.15, -0.1) is 0 Å². The molecule has 0 aliphatic rings. The maximum absolute atomic E-state index is 10.3. The first-order valence-electron chi connectivity index (χ1n) is 4.26. The van der Waals surface area contributed by atoms with Crippen LogP contribution in [0, 0.1) is 10.1 Å². The summed E-state index contributed by atoms with van der Waals surface area (Å²) in [6.45, 7) is 0.115. The van der Waals surface area contributed by atoms with Crippen molar-refractivity contribution in [2.45, 2.75) is 6.42 Å². The first-order chi connectivity index (χ1) is 6.74. The molecule has 1 N–H and O–H groups in total. The standard InChI is InChI=1S/C10H11NO3/c12-8-2-1-3-9-4-6-10(7-5-9)11(13)14/h1,3-7,12H,2,8H2/b3-1+. The van der Waals surface area contributed by atoms with Crippen LogP contribution in [0.1, 0.15) is 12.0 Å². The fourth-order valence-corrected chi connectivity index (χ4v) is 1.00. The molecule has 0 radical (unpaired) electrons. The smallest absolute Gasteiger partial charge is 0.269 e. The van der Waals surface area contributed by atoms with E-state index in [4.69, 9.17) is 5.11 Å². The van der Waals surface area contributed by atoms with Crippen molar-refractivity contribution in [3.05, 3.63) is 46.0 Å². The molecule has 0 bridgehead atoms. The SMILES string of the molecule is O=[N+]([O-])c1ccc(/C=C/CCO)cc1. The third kappa shape index (κ3) is 2.99. The molecule has 0 aromatic heterocycles. The van der Waals surface area contributed by atoms with Crippen LogP contribution < -0.4 is 0 Å². The number of hydrogen-bond acceptors (Lipinski definition) is 3. The quantitative estimate of drug-likeness (QED) is 0.587.